The normalized spacial score (nSPS) is 10.3. The summed E-state index contributed by atoms with van der Waals surface area (Å²) in [6.07, 6.45) is 0. The molecule has 2 aromatic rings. The number of anilines is 1. The molecular weight excluding hydrogens is 396 g/mol. The van der Waals surface area contributed by atoms with Crippen molar-refractivity contribution in [3.05, 3.63) is 57.6 Å². The molecule has 2 aromatic carbocycles. The van der Waals surface area contributed by atoms with E-state index < -0.39 is 0 Å². The lowest BCUT2D eigenvalue weighted by Crippen LogP contribution is -2.37. The maximum absolute atomic E-state index is 12.2. The number of hydrogen-bond acceptors (Lipinski definition) is 3. The van der Waals surface area contributed by atoms with Gasteiger partial charge in [-0.2, -0.15) is 0 Å². The van der Waals surface area contributed by atoms with Gasteiger partial charge in [0.2, 0.25) is 5.91 Å². The van der Waals surface area contributed by atoms with Crippen molar-refractivity contribution in [3.8, 4) is 5.75 Å². The van der Waals surface area contributed by atoms with Crippen LogP contribution in [0.5, 0.6) is 5.75 Å². The minimum absolute atomic E-state index is 0.0371. The Morgan fingerprint density at radius 1 is 1.08 bits per heavy atom. The summed E-state index contributed by atoms with van der Waals surface area (Å²) in [5, 5.41) is 2.84. The topological polar surface area (TPSA) is 58.6 Å². The molecule has 138 valence electrons. The Morgan fingerprint density at radius 3 is 2.42 bits per heavy atom. The van der Waals surface area contributed by atoms with Crippen LogP contribution >= 0.6 is 15.9 Å². The Balaban J connectivity index is 1.87. The molecule has 0 aliphatic heterocycles. The zero-order chi connectivity index (χ0) is 19.3. The fourth-order valence-corrected chi connectivity index (χ4v) is 2.94. The van der Waals surface area contributed by atoms with Gasteiger partial charge in [-0.15, -0.1) is 0 Å². The summed E-state index contributed by atoms with van der Waals surface area (Å²) in [5.74, 6) is 0.0804. The number of carbonyl (C=O) groups is 2. The first kappa shape index (κ1) is 20.0. The van der Waals surface area contributed by atoms with Crippen LogP contribution in [0, 0.1) is 20.8 Å². The van der Waals surface area contributed by atoms with Gasteiger partial charge >= 0.3 is 0 Å². The molecule has 0 bridgehead atoms. The second kappa shape index (κ2) is 8.85. The third-order valence-electron chi connectivity index (χ3n) is 3.91. The largest absolute Gasteiger partial charge is 0.483 e. The number of amides is 2. The number of hydrogen-bond donors (Lipinski definition) is 1. The van der Waals surface area contributed by atoms with Crippen LogP contribution in [-0.4, -0.2) is 36.9 Å². The van der Waals surface area contributed by atoms with E-state index in [0.717, 1.165) is 26.9 Å². The first-order chi connectivity index (χ1) is 12.3. The van der Waals surface area contributed by atoms with Gasteiger partial charge in [-0.3, -0.25) is 9.59 Å². The predicted molar refractivity (Wildman–Crippen MR) is 107 cm³/mol. The van der Waals surface area contributed by atoms with Crippen LogP contribution < -0.4 is 10.1 Å². The molecule has 2 amide bonds. The van der Waals surface area contributed by atoms with Gasteiger partial charge in [0, 0.05) is 12.7 Å². The Kier molecular flexibility index (Phi) is 6.80. The summed E-state index contributed by atoms with van der Waals surface area (Å²) in [4.78, 5) is 25.8. The van der Waals surface area contributed by atoms with Crippen molar-refractivity contribution >= 4 is 33.4 Å². The van der Waals surface area contributed by atoms with Gasteiger partial charge in [0.1, 0.15) is 5.75 Å². The average Bonchev–Trinajstić information content (AvgIpc) is 2.57. The van der Waals surface area contributed by atoms with Gasteiger partial charge in [0.25, 0.3) is 5.91 Å². The van der Waals surface area contributed by atoms with Crippen LogP contribution in [0.3, 0.4) is 0 Å². The second-order valence-corrected chi connectivity index (χ2v) is 7.19. The maximum Gasteiger partial charge on any atom is 0.260 e. The van der Waals surface area contributed by atoms with E-state index in [0.29, 0.717) is 5.75 Å². The van der Waals surface area contributed by atoms with Crippen molar-refractivity contribution in [3.63, 3.8) is 0 Å². The molecule has 0 heterocycles. The molecule has 0 fully saturated rings. The summed E-state index contributed by atoms with van der Waals surface area (Å²) in [6.45, 7) is 5.70. The zero-order valence-electron chi connectivity index (χ0n) is 15.4. The fraction of sp³-hybridized carbons (Fsp3) is 0.300. The van der Waals surface area contributed by atoms with Crippen molar-refractivity contribution in [2.24, 2.45) is 0 Å². The van der Waals surface area contributed by atoms with Crippen LogP contribution in [0.25, 0.3) is 0 Å². The average molecular weight is 419 g/mol. The van der Waals surface area contributed by atoms with E-state index in [4.69, 9.17) is 4.74 Å². The Morgan fingerprint density at radius 2 is 1.73 bits per heavy atom. The molecule has 26 heavy (non-hydrogen) atoms. The highest BCUT2D eigenvalue weighted by Crippen LogP contribution is 2.25. The Hall–Kier alpha value is -2.34. The van der Waals surface area contributed by atoms with Crippen LogP contribution in [0.15, 0.2) is 40.9 Å². The van der Waals surface area contributed by atoms with E-state index in [-0.39, 0.29) is 25.0 Å². The number of rotatable bonds is 6. The van der Waals surface area contributed by atoms with Crippen molar-refractivity contribution < 1.29 is 14.3 Å². The quantitative estimate of drug-likeness (QED) is 0.774. The number of ether oxygens (including phenoxy) is 1. The molecule has 0 aromatic heterocycles. The molecule has 6 heteroatoms. The van der Waals surface area contributed by atoms with Crippen LogP contribution in [0.2, 0.25) is 0 Å². The number of likely N-dealkylation sites (N-methyl/N-ethyl adjacent to an activating group) is 1. The lowest BCUT2D eigenvalue weighted by atomic mass is 10.1. The molecule has 0 aliphatic carbocycles. The zero-order valence-corrected chi connectivity index (χ0v) is 17.0. The molecular formula is C20H23BrN2O3. The van der Waals surface area contributed by atoms with Crippen molar-refractivity contribution in [2.45, 2.75) is 20.8 Å². The Bertz CT molecular complexity index is 821. The van der Waals surface area contributed by atoms with Gasteiger partial charge in [0.15, 0.2) is 6.61 Å². The molecule has 0 atom stereocenters. The molecule has 0 radical (unpaired) electrons. The molecule has 0 saturated heterocycles. The highest BCUT2D eigenvalue weighted by molar-refractivity contribution is 9.10. The SMILES string of the molecule is Cc1ccc(OCC(=O)N(C)CC(=O)Nc2cc(C)ccc2C)c(Br)c1. The monoisotopic (exact) mass is 418 g/mol. The number of nitrogens with zero attached hydrogens (tertiary/aromatic N) is 1. The lowest BCUT2D eigenvalue weighted by Gasteiger charge is -2.18. The standard InChI is InChI=1S/C20H23BrN2O3/c1-13-6-8-18(16(21)9-13)26-12-20(25)23(4)11-19(24)22-17-10-14(2)5-7-15(17)3/h5-10H,11-12H2,1-4H3,(H,22,24). The van der Waals surface area contributed by atoms with Gasteiger partial charge < -0.3 is 15.0 Å². The second-order valence-electron chi connectivity index (χ2n) is 6.34. The van der Waals surface area contributed by atoms with Crippen molar-refractivity contribution in [2.75, 3.05) is 25.5 Å². The Labute approximate surface area is 162 Å². The molecule has 0 unspecified atom stereocenters. The van der Waals surface area contributed by atoms with E-state index in [1.54, 1.807) is 13.1 Å². The molecule has 0 spiro atoms. The third kappa shape index (κ3) is 5.59. The fourth-order valence-electron chi connectivity index (χ4n) is 2.34. The number of benzene rings is 2. The first-order valence-corrected chi connectivity index (χ1v) is 9.05. The number of carbonyl (C=O) groups excluding carboxylic acids is 2. The highest BCUT2D eigenvalue weighted by atomic mass is 79.9. The summed E-state index contributed by atoms with van der Waals surface area (Å²) >= 11 is 3.41. The van der Waals surface area contributed by atoms with E-state index in [2.05, 4.69) is 21.2 Å². The van der Waals surface area contributed by atoms with E-state index >= 15 is 0 Å². The van der Waals surface area contributed by atoms with E-state index in [9.17, 15) is 9.59 Å². The highest BCUT2D eigenvalue weighted by Gasteiger charge is 2.15. The van der Waals surface area contributed by atoms with Crippen molar-refractivity contribution in [1.29, 1.82) is 0 Å². The van der Waals surface area contributed by atoms with Gasteiger partial charge in [-0.25, -0.2) is 0 Å². The summed E-state index contributed by atoms with van der Waals surface area (Å²) in [6, 6.07) is 11.5. The lowest BCUT2D eigenvalue weighted by molar-refractivity contribution is -0.135. The van der Waals surface area contributed by atoms with Gasteiger partial charge in [0.05, 0.1) is 11.0 Å². The summed E-state index contributed by atoms with van der Waals surface area (Å²) in [5.41, 5.74) is 3.89. The predicted octanol–water partition coefficient (Wildman–Crippen LogP) is 3.85. The molecule has 5 nitrogen and oxygen atoms in total. The molecule has 0 saturated carbocycles. The molecule has 2 rings (SSSR count). The number of nitrogens with one attached hydrogen (secondary N) is 1. The number of aryl methyl sites for hydroxylation is 3. The minimum Gasteiger partial charge on any atom is -0.483 e. The van der Waals surface area contributed by atoms with Crippen molar-refractivity contribution in [1.82, 2.24) is 4.90 Å². The van der Waals surface area contributed by atoms with E-state index in [1.807, 2.05) is 51.1 Å². The molecule has 0 aliphatic rings. The molecule has 1 N–H and O–H groups in total. The number of halogens is 1. The summed E-state index contributed by atoms with van der Waals surface area (Å²) in [7, 11) is 1.58. The van der Waals surface area contributed by atoms with E-state index in [1.165, 1.54) is 4.90 Å². The van der Waals surface area contributed by atoms with Gasteiger partial charge in [-0.05, 0) is 71.6 Å². The third-order valence-corrected chi connectivity index (χ3v) is 4.53. The van der Waals surface area contributed by atoms with Crippen LogP contribution in [0.4, 0.5) is 5.69 Å². The smallest absolute Gasteiger partial charge is 0.260 e. The van der Waals surface area contributed by atoms with Crippen LogP contribution in [-0.2, 0) is 9.59 Å². The van der Waals surface area contributed by atoms with Crippen LogP contribution in [0.1, 0.15) is 16.7 Å². The first-order valence-electron chi connectivity index (χ1n) is 8.26. The summed E-state index contributed by atoms with van der Waals surface area (Å²) < 4.78 is 6.33. The van der Waals surface area contributed by atoms with Gasteiger partial charge in [-0.1, -0.05) is 18.2 Å². The minimum atomic E-state index is -0.270. The maximum atomic E-state index is 12.2.